The minimum atomic E-state index is -0.277. The number of hydrogen-bond donors (Lipinski definition) is 1. The Hall–Kier alpha value is -3.31. The van der Waals surface area contributed by atoms with Crippen molar-refractivity contribution in [3.05, 3.63) is 94.8 Å². The van der Waals surface area contributed by atoms with Crippen molar-refractivity contribution in [2.45, 2.75) is 26.4 Å². The fourth-order valence-electron chi connectivity index (χ4n) is 3.60. The number of para-hydroxylation sites is 3. The molecule has 5 nitrogen and oxygen atoms in total. The Bertz CT molecular complexity index is 1220. The van der Waals surface area contributed by atoms with Gasteiger partial charge in [0.25, 0.3) is 5.91 Å². The van der Waals surface area contributed by atoms with Gasteiger partial charge in [-0.2, -0.15) is 0 Å². The molecule has 1 amide bonds. The second-order valence-electron chi connectivity index (χ2n) is 7.45. The summed E-state index contributed by atoms with van der Waals surface area (Å²) in [5.74, 6) is 1.31. The molecule has 0 fully saturated rings. The molecule has 0 saturated carbocycles. The average molecular weight is 434 g/mol. The van der Waals surface area contributed by atoms with Crippen LogP contribution in [0.1, 0.15) is 34.7 Å². The van der Waals surface area contributed by atoms with Gasteiger partial charge in [0.15, 0.2) is 0 Å². The van der Waals surface area contributed by atoms with Crippen molar-refractivity contribution in [3.8, 4) is 5.75 Å². The summed E-state index contributed by atoms with van der Waals surface area (Å²) >= 11 is 6.20. The summed E-state index contributed by atoms with van der Waals surface area (Å²) in [6, 6.07) is 22.6. The number of benzene rings is 3. The largest absolute Gasteiger partial charge is 0.490 e. The summed E-state index contributed by atoms with van der Waals surface area (Å²) in [5, 5.41) is 3.65. The summed E-state index contributed by atoms with van der Waals surface area (Å²) in [4.78, 5) is 17.5. The van der Waals surface area contributed by atoms with E-state index < -0.39 is 0 Å². The summed E-state index contributed by atoms with van der Waals surface area (Å²) < 4.78 is 7.98. The number of halogens is 1. The van der Waals surface area contributed by atoms with E-state index >= 15 is 0 Å². The minimum absolute atomic E-state index is 0.123. The molecule has 0 aliphatic carbocycles. The number of ether oxygens (including phenoxy) is 1. The number of nitrogens with one attached hydrogen (secondary N) is 1. The van der Waals surface area contributed by atoms with Crippen molar-refractivity contribution < 1.29 is 9.53 Å². The van der Waals surface area contributed by atoms with Crippen LogP contribution in [0.2, 0.25) is 5.02 Å². The van der Waals surface area contributed by atoms with Crippen molar-refractivity contribution in [3.63, 3.8) is 0 Å². The SMILES string of the molecule is Cc1cccc(C(=O)NC(C)c2nc3ccccc3n2CCOc2ccccc2Cl)c1. The van der Waals surface area contributed by atoms with Crippen LogP contribution in [0, 0.1) is 6.92 Å². The van der Waals surface area contributed by atoms with Gasteiger partial charge in [0.1, 0.15) is 18.2 Å². The Morgan fingerprint density at radius 3 is 2.68 bits per heavy atom. The predicted octanol–water partition coefficient (Wildman–Crippen LogP) is 5.57. The van der Waals surface area contributed by atoms with Gasteiger partial charge in [0, 0.05) is 5.56 Å². The molecule has 1 N–H and O–H groups in total. The smallest absolute Gasteiger partial charge is 0.251 e. The average Bonchev–Trinajstić information content (AvgIpc) is 3.14. The van der Waals surface area contributed by atoms with Crippen molar-refractivity contribution in [1.82, 2.24) is 14.9 Å². The van der Waals surface area contributed by atoms with Crippen molar-refractivity contribution in [1.29, 1.82) is 0 Å². The third kappa shape index (κ3) is 4.72. The quantitative estimate of drug-likeness (QED) is 0.414. The molecule has 4 aromatic rings. The van der Waals surface area contributed by atoms with Gasteiger partial charge in [-0.1, -0.05) is 53.6 Å². The molecule has 1 aromatic heterocycles. The monoisotopic (exact) mass is 433 g/mol. The highest BCUT2D eigenvalue weighted by Crippen LogP contribution is 2.24. The van der Waals surface area contributed by atoms with Gasteiger partial charge < -0.3 is 14.6 Å². The number of nitrogens with zero attached hydrogens (tertiary/aromatic N) is 2. The standard InChI is InChI=1S/C25H24ClN3O2/c1-17-8-7-9-19(16-17)25(30)27-18(2)24-28-21-11-4-5-12-22(21)29(24)14-15-31-23-13-6-3-10-20(23)26/h3-13,16,18H,14-15H2,1-2H3,(H,27,30). The highest BCUT2D eigenvalue weighted by molar-refractivity contribution is 6.32. The Morgan fingerprint density at radius 1 is 1.10 bits per heavy atom. The van der Waals surface area contributed by atoms with Crippen LogP contribution in [0.3, 0.4) is 0 Å². The van der Waals surface area contributed by atoms with Crippen LogP contribution >= 0.6 is 11.6 Å². The number of aromatic nitrogens is 2. The van der Waals surface area contributed by atoms with Gasteiger partial charge in [-0.25, -0.2) is 4.98 Å². The van der Waals surface area contributed by atoms with E-state index in [4.69, 9.17) is 21.3 Å². The van der Waals surface area contributed by atoms with Crippen LogP contribution in [0.5, 0.6) is 5.75 Å². The molecule has 0 radical (unpaired) electrons. The summed E-state index contributed by atoms with van der Waals surface area (Å²) in [5.41, 5.74) is 3.56. The number of fused-ring (bicyclic) bond motifs is 1. The Balaban J connectivity index is 1.55. The Labute approximate surface area is 186 Å². The molecular formula is C25H24ClN3O2. The number of carbonyl (C=O) groups excluding carboxylic acids is 1. The number of rotatable bonds is 7. The van der Waals surface area contributed by atoms with E-state index in [-0.39, 0.29) is 11.9 Å². The zero-order valence-corrected chi connectivity index (χ0v) is 18.3. The normalized spacial score (nSPS) is 12.0. The Morgan fingerprint density at radius 2 is 1.87 bits per heavy atom. The number of amides is 1. The van der Waals surface area contributed by atoms with Crippen molar-refractivity contribution >= 4 is 28.5 Å². The lowest BCUT2D eigenvalue weighted by molar-refractivity contribution is 0.0937. The molecule has 1 unspecified atom stereocenters. The lowest BCUT2D eigenvalue weighted by Crippen LogP contribution is -2.29. The zero-order chi connectivity index (χ0) is 21.8. The lowest BCUT2D eigenvalue weighted by Gasteiger charge is -2.17. The van der Waals surface area contributed by atoms with E-state index in [0.717, 1.165) is 22.4 Å². The maximum Gasteiger partial charge on any atom is 0.251 e. The van der Waals surface area contributed by atoms with Crippen LogP contribution in [0.15, 0.2) is 72.8 Å². The molecule has 1 atom stereocenters. The first-order valence-corrected chi connectivity index (χ1v) is 10.6. The third-order valence-corrected chi connectivity index (χ3v) is 5.42. The molecule has 158 valence electrons. The van der Waals surface area contributed by atoms with Crippen LogP contribution in [0.4, 0.5) is 0 Å². The van der Waals surface area contributed by atoms with E-state index in [1.165, 1.54) is 0 Å². The highest BCUT2D eigenvalue weighted by Gasteiger charge is 2.19. The summed E-state index contributed by atoms with van der Waals surface area (Å²) in [6.07, 6.45) is 0. The molecule has 0 aliphatic heterocycles. The summed E-state index contributed by atoms with van der Waals surface area (Å²) in [7, 11) is 0. The zero-order valence-electron chi connectivity index (χ0n) is 17.5. The van der Waals surface area contributed by atoms with Gasteiger partial charge in [0.05, 0.1) is 28.6 Å². The van der Waals surface area contributed by atoms with E-state index in [1.54, 1.807) is 6.07 Å². The second-order valence-corrected chi connectivity index (χ2v) is 7.86. The number of carbonyl (C=O) groups is 1. The third-order valence-electron chi connectivity index (χ3n) is 5.11. The van der Waals surface area contributed by atoms with Gasteiger partial charge in [-0.3, -0.25) is 4.79 Å². The molecule has 0 saturated heterocycles. The molecule has 4 rings (SSSR count). The number of aryl methyl sites for hydroxylation is 1. The van der Waals surface area contributed by atoms with Gasteiger partial charge in [-0.05, 0) is 50.2 Å². The van der Waals surface area contributed by atoms with Crippen LogP contribution in [0.25, 0.3) is 11.0 Å². The summed E-state index contributed by atoms with van der Waals surface area (Å²) in [6.45, 7) is 4.92. The molecule has 0 aliphatic rings. The number of imidazole rings is 1. The fourth-order valence-corrected chi connectivity index (χ4v) is 3.79. The Kier molecular flexibility index (Phi) is 6.23. The molecule has 6 heteroatoms. The van der Waals surface area contributed by atoms with Crippen LogP contribution in [-0.4, -0.2) is 22.1 Å². The number of hydrogen-bond acceptors (Lipinski definition) is 3. The fraction of sp³-hybridized carbons (Fsp3) is 0.200. The molecule has 0 bridgehead atoms. The van der Waals surface area contributed by atoms with Gasteiger partial charge >= 0.3 is 0 Å². The predicted molar refractivity (Wildman–Crippen MR) is 124 cm³/mol. The van der Waals surface area contributed by atoms with Crippen LogP contribution in [-0.2, 0) is 6.54 Å². The maximum absolute atomic E-state index is 12.8. The topological polar surface area (TPSA) is 56.2 Å². The molecule has 31 heavy (non-hydrogen) atoms. The van der Waals surface area contributed by atoms with Crippen molar-refractivity contribution in [2.24, 2.45) is 0 Å². The molecular weight excluding hydrogens is 410 g/mol. The van der Waals surface area contributed by atoms with Gasteiger partial charge in [0.2, 0.25) is 0 Å². The first kappa shape index (κ1) is 20.9. The first-order valence-electron chi connectivity index (χ1n) is 10.2. The second kappa shape index (κ2) is 9.23. The van der Waals surface area contributed by atoms with E-state index in [1.807, 2.05) is 80.6 Å². The molecule has 0 spiro atoms. The van der Waals surface area contributed by atoms with E-state index in [2.05, 4.69) is 9.88 Å². The molecule has 1 heterocycles. The maximum atomic E-state index is 12.8. The molecule has 3 aromatic carbocycles. The van der Waals surface area contributed by atoms with Gasteiger partial charge in [-0.15, -0.1) is 0 Å². The van der Waals surface area contributed by atoms with Crippen molar-refractivity contribution in [2.75, 3.05) is 6.61 Å². The van der Waals surface area contributed by atoms with Crippen LogP contribution < -0.4 is 10.1 Å². The highest BCUT2D eigenvalue weighted by atomic mass is 35.5. The first-order chi connectivity index (χ1) is 15.0. The van der Waals surface area contributed by atoms with E-state index in [9.17, 15) is 4.79 Å². The van der Waals surface area contributed by atoms with E-state index in [0.29, 0.717) is 29.5 Å². The minimum Gasteiger partial charge on any atom is -0.490 e. The lowest BCUT2D eigenvalue weighted by atomic mass is 10.1.